The Morgan fingerprint density at radius 3 is 2.31 bits per heavy atom. The summed E-state index contributed by atoms with van der Waals surface area (Å²) >= 11 is 0. The summed E-state index contributed by atoms with van der Waals surface area (Å²) in [7, 11) is 0. The van der Waals surface area contributed by atoms with Crippen molar-refractivity contribution in [1.29, 1.82) is 0 Å². The first-order chi connectivity index (χ1) is 13.7. The topological polar surface area (TPSA) is 155 Å². The van der Waals surface area contributed by atoms with Crippen LogP contribution in [-0.4, -0.2) is 75.8 Å². The summed E-state index contributed by atoms with van der Waals surface area (Å²) < 4.78 is 15.1. The van der Waals surface area contributed by atoms with Crippen LogP contribution in [-0.2, 0) is 25.6 Å². The predicted molar refractivity (Wildman–Crippen MR) is 98.2 cm³/mol. The molecule has 1 aromatic rings. The highest BCUT2D eigenvalue weighted by Gasteiger charge is 2.43. The van der Waals surface area contributed by atoms with E-state index in [1.54, 1.807) is 38.1 Å². The number of esters is 1. The summed E-state index contributed by atoms with van der Waals surface area (Å²) in [4.78, 5) is 24.4. The molecule has 162 valence electrons. The summed E-state index contributed by atoms with van der Waals surface area (Å²) in [5, 5.41) is 40.9. The lowest BCUT2D eigenvalue weighted by Gasteiger charge is -2.38. The van der Waals surface area contributed by atoms with Crippen molar-refractivity contribution in [2.75, 3.05) is 6.61 Å². The van der Waals surface area contributed by atoms with Gasteiger partial charge in [0.2, 0.25) is 0 Å². The SMILES string of the molecule is CC(C)C(NC(=O)OCc1ccccc1)C(=O)OCC1OC(O)C(O)C(O)C1O. The van der Waals surface area contributed by atoms with Gasteiger partial charge in [0.25, 0.3) is 0 Å². The van der Waals surface area contributed by atoms with Gasteiger partial charge < -0.3 is 40.0 Å². The lowest BCUT2D eigenvalue weighted by Crippen LogP contribution is -2.59. The number of ether oxygens (including phenoxy) is 3. The van der Waals surface area contributed by atoms with Gasteiger partial charge in [0.15, 0.2) is 6.29 Å². The molecule has 0 spiro atoms. The largest absolute Gasteiger partial charge is 0.461 e. The zero-order chi connectivity index (χ0) is 21.6. The molecular weight excluding hydrogens is 386 g/mol. The molecule has 0 aromatic heterocycles. The van der Waals surface area contributed by atoms with E-state index >= 15 is 0 Å². The maximum Gasteiger partial charge on any atom is 0.408 e. The molecule has 6 atom stereocenters. The van der Waals surface area contributed by atoms with Crippen LogP contribution in [0.15, 0.2) is 30.3 Å². The van der Waals surface area contributed by atoms with E-state index in [0.717, 1.165) is 5.56 Å². The standard InChI is InChI=1S/C19H27NO9/c1-10(2)13(20-19(26)28-8-11-6-4-3-5-7-11)17(24)27-9-12-14(21)15(22)16(23)18(25)29-12/h3-7,10,12-16,18,21-23,25H,8-9H2,1-2H3,(H,20,26). The van der Waals surface area contributed by atoms with Crippen LogP contribution in [0.4, 0.5) is 4.79 Å². The molecule has 1 aromatic carbocycles. The van der Waals surface area contributed by atoms with E-state index in [0.29, 0.717) is 0 Å². The summed E-state index contributed by atoms with van der Waals surface area (Å²) in [5.74, 6) is -1.13. The molecule has 10 heteroatoms. The molecule has 5 N–H and O–H groups in total. The maximum absolute atomic E-state index is 12.4. The first-order valence-electron chi connectivity index (χ1n) is 9.22. The molecular formula is C19H27NO9. The number of nitrogens with one attached hydrogen (secondary N) is 1. The first-order valence-corrected chi connectivity index (χ1v) is 9.22. The second-order valence-electron chi connectivity index (χ2n) is 7.09. The Labute approximate surface area is 168 Å². The number of aliphatic hydroxyl groups excluding tert-OH is 4. The number of alkyl carbamates (subject to hydrolysis) is 1. The number of benzene rings is 1. The van der Waals surface area contributed by atoms with Gasteiger partial charge in [-0.3, -0.25) is 0 Å². The van der Waals surface area contributed by atoms with Gasteiger partial charge in [-0.2, -0.15) is 0 Å². The van der Waals surface area contributed by atoms with E-state index < -0.39 is 55.4 Å². The molecule has 10 nitrogen and oxygen atoms in total. The predicted octanol–water partition coefficient (Wildman–Crippen LogP) is -0.719. The third-order valence-electron chi connectivity index (χ3n) is 4.48. The van der Waals surface area contributed by atoms with Gasteiger partial charge in [-0.15, -0.1) is 0 Å². The Morgan fingerprint density at radius 1 is 1.03 bits per heavy atom. The quantitative estimate of drug-likeness (QED) is 0.364. The minimum atomic E-state index is -1.73. The molecule has 1 aliphatic rings. The number of rotatable bonds is 7. The summed E-state index contributed by atoms with van der Waals surface area (Å²) in [6.07, 6.45) is -8.68. The summed E-state index contributed by atoms with van der Waals surface area (Å²) in [5.41, 5.74) is 0.786. The van der Waals surface area contributed by atoms with E-state index in [4.69, 9.17) is 14.2 Å². The minimum absolute atomic E-state index is 0.0345. The molecule has 0 bridgehead atoms. The fourth-order valence-corrected chi connectivity index (χ4v) is 2.71. The van der Waals surface area contributed by atoms with E-state index in [1.165, 1.54) is 0 Å². The number of carbonyl (C=O) groups is 2. The van der Waals surface area contributed by atoms with Crippen molar-refractivity contribution >= 4 is 12.1 Å². The zero-order valence-corrected chi connectivity index (χ0v) is 16.2. The highest BCUT2D eigenvalue weighted by molar-refractivity contribution is 5.81. The smallest absolute Gasteiger partial charge is 0.408 e. The van der Waals surface area contributed by atoms with E-state index in [2.05, 4.69) is 5.32 Å². The Kier molecular flexibility index (Phi) is 8.35. The third kappa shape index (κ3) is 6.38. The first kappa shape index (κ1) is 23.0. The number of hydrogen-bond acceptors (Lipinski definition) is 9. The summed E-state index contributed by atoms with van der Waals surface area (Å²) in [6, 6.07) is 7.99. The molecule has 2 rings (SSSR count). The molecule has 1 aliphatic heterocycles. The highest BCUT2D eigenvalue weighted by atomic mass is 16.7. The average molecular weight is 413 g/mol. The van der Waals surface area contributed by atoms with Crippen molar-refractivity contribution in [2.45, 2.75) is 57.2 Å². The van der Waals surface area contributed by atoms with Gasteiger partial charge in [0.1, 0.15) is 43.7 Å². The Balaban J connectivity index is 1.86. The fraction of sp³-hybridized carbons (Fsp3) is 0.579. The Morgan fingerprint density at radius 2 is 1.69 bits per heavy atom. The van der Waals surface area contributed by atoms with Crippen LogP contribution in [0, 0.1) is 5.92 Å². The summed E-state index contributed by atoms with van der Waals surface area (Å²) in [6.45, 7) is 2.93. The molecule has 1 amide bonds. The second kappa shape index (κ2) is 10.5. The van der Waals surface area contributed by atoms with Crippen molar-refractivity contribution in [3.63, 3.8) is 0 Å². The van der Waals surface area contributed by atoms with Crippen LogP contribution in [0.25, 0.3) is 0 Å². The van der Waals surface area contributed by atoms with E-state index in [9.17, 15) is 30.0 Å². The molecule has 0 aliphatic carbocycles. The van der Waals surface area contributed by atoms with Crippen molar-refractivity contribution in [3.8, 4) is 0 Å². The zero-order valence-electron chi connectivity index (χ0n) is 16.2. The van der Waals surface area contributed by atoms with Crippen LogP contribution in [0.3, 0.4) is 0 Å². The molecule has 29 heavy (non-hydrogen) atoms. The van der Waals surface area contributed by atoms with Gasteiger partial charge in [-0.25, -0.2) is 9.59 Å². The van der Waals surface area contributed by atoms with E-state index in [1.807, 2.05) is 6.07 Å². The molecule has 6 unspecified atom stereocenters. The van der Waals surface area contributed by atoms with Crippen LogP contribution < -0.4 is 5.32 Å². The third-order valence-corrected chi connectivity index (χ3v) is 4.48. The van der Waals surface area contributed by atoms with Gasteiger partial charge in [-0.05, 0) is 11.5 Å². The lowest BCUT2D eigenvalue weighted by molar-refractivity contribution is -0.287. The number of carbonyl (C=O) groups excluding carboxylic acids is 2. The molecule has 0 radical (unpaired) electrons. The van der Waals surface area contributed by atoms with Gasteiger partial charge in [0.05, 0.1) is 0 Å². The molecule has 1 heterocycles. The molecule has 1 saturated heterocycles. The molecule has 1 fully saturated rings. The van der Waals surface area contributed by atoms with Crippen LogP contribution in [0.1, 0.15) is 19.4 Å². The van der Waals surface area contributed by atoms with Crippen LogP contribution >= 0.6 is 0 Å². The fourth-order valence-electron chi connectivity index (χ4n) is 2.71. The number of aliphatic hydroxyl groups is 4. The average Bonchev–Trinajstić information content (AvgIpc) is 2.70. The van der Waals surface area contributed by atoms with Gasteiger partial charge in [0, 0.05) is 0 Å². The van der Waals surface area contributed by atoms with Gasteiger partial charge in [-0.1, -0.05) is 44.2 Å². The maximum atomic E-state index is 12.4. The van der Waals surface area contributed by atoms with Crippen molar-refractivity contribution in [1.82, 2.24) is 5.32 Å². The highest BCUT2D eigenvalue weighted by Crippen LogP contribution is 2.20. The second-order valence-corrected chi connectivity index (χ2v) is 7.09. The van der Waals surface area contributed by atoms with Crippen molar-refractivity contribution in [3.05, 3.63) is 35.9 Å². The molecule has 0 saturated carbocycles. The van der Waals surface area contributed by atoms with Crippen molar-refractivity contribution in [2.24, 2.45) is 5.92 Å². The van der Waals surface area contributed by atoms with Gasteiger partial charge >= 0.3 is 12.1 Å². The van der Waals surface area contributed by atoms with E-state index in [-0.39, 0.29) is 12.5 Å². The Hall–Kier alpha value is -2.24. The lowest BCUT2D eigenvalue weighted by atomic mass is 9.99. The Bertz CT molecular complexity index is 669. The van der Waals surface area contributed by atoms with Crippen molar-refractivity contribution < 1.29 is 44.2 Å². The monoisotopic (exact) mass is 413 g/mol. The normalized spacial score (nSPS) is 27.9. The van der Waals surface area contributed by atoms with Crippen LogP contribution in [0.2, 0.25) is 0 Å². The number of amides is 1. The number of hydrogen-bond donors (Lipinski definition) is 5. The minimum Gasteiger partial charge on any atom is -0.461 e. The van der Waals surface area contributed by atoms with Crippen LogP contribution in [0.5, 0.6) is 0 Å².